The number of phenols is 1. The van der Waals surface area contributed by atoms with Gasteiger partial charge in [-0.05, 0) is 37.1 Å². The zero-order valence-electron chi connectivity index (χ0n) is 22.2. The lowest BCUT2D eigenvalue weighted by Crippen LogP contribution is -2.54. The average Bonchev–Trinajstić information content (AvgIpc) is 2.92. The SMILES string of the molecule is C=CC(=O)N1CCN(c2nc(=O)n(-c3cncnc3C(C)C)c3nc(-c4c(O)cccc4F)c(Cl)cc23)[C@@H](C)C1. The molecule has 1 fully saturated rings. The highest BCUT2D eigenvalue weighted by Gasteiger charge is 2.30. The van der Waals surface area contributed by atoms with Gasteiger partial charge in [0.1, 0.15) is 23.7 Å². The van der Waals surface area contributed by atoms with E-state index in [1.807, 2.05) is 25.7 Å². The molecule has 10 nitrogen and oxygen atoms in total. The number of halogens is 2. The third kappa shape index (κ3) is 4.66. The summed E-state index contributed by atoms with van der Waals surface area (Å²) >= 11 is 6.67. The number of benzene rings is 1. The molecule has 3 aromatic heterocycles. The highest BCUT2D eigenvalue weighted by molar-refractivity contribution is 6.34. The van der Waals surface area contributed by atoms with Crippen LogP contribution in [0.1, 0.15) is 32.4 Å². The van der Waals surface area contributed by atoms with E-state index in [1.54, 1.807) is 11.0 Å². The van der Waals surface area contributed by atoms with E-state index < -0.39 is 11.5 Å². The number of nitrogens with zero attached hydrogens (tertiary/aromatic N) is 7. The minimum Gasteiger partial charge on any atom is -0.507 e. The maximum atomic E-state index is 14.9. The summed E-state index contributed by atoms with van der Waals surface area (Å²) in [6.45, 7) is 10.5. The van der Waals surface area contributed by atoms with Crippen LogP contribution in [0.5, 0.6) is 5.75 Å². The molecule has 1 N–H and O–H groups in total. The normalized spacial score (nSPS) is 15.6. The molecule has 0 bridgehead atoms. The number of pyridine rings is 1. The number of carbonyl (C=O) groups is 1. The molecule has 1 aromatic carbocycles. The first-order chi connectivity index (χ1) is 19.1. The molecule has 0 aliphatic carbocycles. The predicted octanol–water partition coefficient (Wildman–Crippen LogP) is 4.08. The largest absolute Gasteiger partial charge is 0.507 e. The van der Waals surface area contributed by atoms with Gasteiger partial charge in [-0.2, -0.15) is 4.98 Å². The van der Waals surface area contributed by atoms with Crippen molar-refractivity contribution < 1.29 is 14.3 Å². The lowest BCUT2D eigenvalue weighted by Gasteiger charge is -2.40. The van der Waals surface area contributed by atoms with Crippen LogP contribution in [0.25, 0.3) is 28.0 Å². The van der Waals surface area contributed by atoms with Crippen LogP contribution in [0.2, 0.25) is 5.02 Å². The van der Waals surface area contributed by atoms with Crippen molar-refractivity contribution in [2.45, 2.75) is 32.7 Å². The lowest BCUT2D eigenvalue weighted by atomic mass is 10.1. The quantitative estimate of drug-likeness (QED) is 0.361. The lowest BCUT2D eigenvalue weighted by molar-refractivity contribution is -0.126. The van der Waals surface area contributed by atoms with Gasteiger partial charge in [-0.15, -0.1) is 0 Å². The fourth-order valence-electron chi connectivity index (χ4n) is 5.01. The number of hydrogen-bond acceptors (Lipinski definition) is 8. The van der Waals surface area contributed by atoms with Crippen LogP contribution in [-0.2, 0) is 4.79 Å². The van der Waals surface area contributed by atoms with E-state index in [2.05, 4.69) is 26.5 Å². The molecule has 4 heterocycles. The summed E-state index contributed by atoms with van der Waals surface area (Å²) in [5.41, 5.74) is 0.238. The van der Waals surface area contributed by atoms with Crippen molar-refractivity contribution in [2.24, 2.45) is 0 Å². The van der Waals surface area contributed by atoms with Gasteiger partial charge in [0.2, 0.25) is 5.91 Å². The Morgan fingerprint density at radius 2 is 2.05 bits per heavy atom. The molecule has 1 aliphatic rings. The topological polar surface area (TPSA) is 117 Å². The second-order valence-electron chi connectivity index (χ2n) is 9.86. The van der Waals surface area contributed by atoms with Crippen molar-refractivity contribution in [1.82, 2.24) is 29.4 Å². The zero-order chi connectivity index (χ0) is 28.7. The molecule has 206 valence electrons. The Bertz CT molecular complexity index is 1690. The molecule has 0 radical (unpaired) electrons. The maximum Gasteiger partial charge on any atom is 0.355 e. The first-order valence-electron chi connectivity index (χ1n) is 12.7. The van der Waals surface area contributed by atoms with Crippen LogP contribution in [0.4, 0.5) is 10.2 Å². The minimum absolute atomic E-state index is 0.0348. The Balaban J connectivity index is 1.80. The van der Waals surface area contributed by atoms with E-state index in [9.17, 15) is 19.1 Å². The fourth-order valence-corrected chi connectivity index (χ4v) is 5.26. The molecule has 4 aromatic rings. The zero-order valence-corrected chi connectivity index (χ0v) is 22.9. The van der Waals surface area contributed by atoms with Crippen LogP contribution in [0.3, 0.4) is 0 Å². The van der Waals surface area contributed by atoms with E-state index in [-0.39, 0.29) is 45.5 Å². The number of rotatable bonds is 5. The van der Waals surface area contributed by atoms with E-state index in [0.717, 1.165) is 0 Å². The van der Waals surface area contributed by atoms with Crippen LogP contribution in [0, 0.1) is 5.82 Å². The highest BCUT2D eigenvalue weighted by Crippen LogP contribution is 2.38. The van der Waals surface area contributed by atoms with E-state index in [4.69, 9.17) is 11.6 Å². The van der Waals surface area contributed by atoms with Gasteiger partial charge in [-0.1, -0.05) is 38.1 Å². The summed E-state index contributed by atoms with van der Waals surface area (Å²) in [6, 6.07) is 5.25. The number of piperazine rings is 1. The first kappa shape index (κ1) is 27.2. The van der Waals surface area contributed by atoms with Crippen molar-refractivity contribution in [3.63, 3.8) is 0 Å². The van der Waals surface area contributed by atoms with Crippen LogP contribution >= 0.6 is 11.6 Å². The number of carbonyl (C=O) groups excluding carboxylic acids is 1. The number of amides is 1. The summed E-state index contributed by atoms with van der Waals surface area (Å²) in [7, 11) is 0. The van der Waals surface area contributed by atoms with Crippen LogP contribution in [-0.4, -0.2) is 66.1 Å². The van der Waals surface area contributed by atoms with E-state index in [1.165, 1.54) is 41.4 Å². The number of fused-ring (bicyclic) bond motifs is 1. The Morgan fingerprint density at radius 1 is 1.27 bits per heavy atom. The molecule has 0 unspecified atom stereocenters. The summed E-state index contributed by atoms with van der Waals surface area (Å²) < 4.78 is 16.2. The number of aromatic nitrogens is 5. The summed E-state index contributed by atoms with van der Waals surface area (Å²) in [6.07, 6.45) is 4.17. The summed E-state index contributed by atoms with van der Waals surface area (Å²) in [4.78, 5) is 47.2. The highest BCUT2D eigenvalue weighted by atomic mass is 35.5. The molecule has 0 spiro atoms. The van der Waals surface area contributed by atoms with Gasteiger partial charge in [-0.25, -0.2) is 28.7 Å². The third-order valence-corrected chi connectivity index (χ3v) is 7.21. The second kappa shape index (κ2) is 10.6. The van der Waals surface area contributed by atoms with Crippen molar-refractivity contribution in [2.75, 3.05) is 24.5 Å². The Labute approximate surface area is 234 Å². The third-order valence-electron chi connectivity index (χ3n) is 6.93. The Kier molecular flexibility index (Phi) is 7.24. The molecule has 1 amide bonds. The van der Waals surface area contributed by atoms with E-state index >= 15 is 0 Å². The molecular weight excluding hydrogens is 537 g/mol. The molecule has 1 atom stereocenters. The molecule has 1 aliphatic heterocycles. The molecule has 40 heavy (non-hydrogen) atoms. The number of anilines is 1. The molecule has 12 heteroatoms. The molecular formula is C28H27ClFN7O3. The first-order valence-corrected chi connectivity index (χ1v) is 13.1. The van der Waals surface area contributed by atoms with Gasteiger partial charge < -0.3 is 14.9 Å². The standard InChI is InChI=1S/C28H27ClFN7O3/c1-5-22(39)35-9-10-36(16(4)13-35)26-17-11-18(29)25(23-19(30)7-6-8-21(23)38)33-27(17)37(28(40)34-26)20-12-31-14-32-24(20)15(2)3/h5-8,11-12,14-16,38H,1,9-10,13H2,2-4H3/t16-/m0/s1. The number of phenolic OH excluding ortho intramolecular Hbond substituents is 1. The fraction of sp³-hybridized carbons (Fsp3) is 0.286. The monoisotopic (exact) mass is 563 g/mol. The summed E-state index contributed by atoms with van der Waals surface area (Å²) in [5, 5.41) is 11.0. The smallest absolute Gasteiger partial charge is 0.355 e. The van der Waals surface area contributed by atoms with Gasteiger partial charge in [0.05, 0.1) is 39.2 Å². The number of hydrogen-bond donors (Lipinski definition) is 1. The molecule has 1 saturated heterocycles. The second-order valence-corrected chi connectivity index (χ2v) is 10.3. The number of aromatic hydroxyl groups is 1. The summed E-state index contributed by atoms with van der Waals surface area (Å²) in [5.74, 6) is -0.989. The average molecular weight is 564 g/mol. The van der Waals surface area contributed by atoms with Crippen molar-refractivity contribution in [1.29, 1.82) is 0 Å². The Hall–Kier alpha value is -4.38. The van der Waals surface area contributed by atoms with Gasteiger partial charge in [0.25, 0.3) is 0 Å². The van der Waals surface area contributed by atoms with Gasteiger partial charge >= 0.3 is 5.69 Å². The van der Waals surface area contributed by atoms with E-state index in [0.29, 0.717) is 42.2 Å². The predicted molar refractivity (Wildman–Crippen MR) is 150 cm³/mol. The maximum absolute atomic E-state index is 14.9. The van der Waals surface area contributed by atoms with Crippen LogP contribution in [0.15, 0.2) is 54.2 Å². The Morgan fingerprint density at radius 3 is 2.73 bits per heavy atom. The van der Waals surface area contributed by atoms with Crippen LogP contribution < -0.4 is 10.6 Å². The van der Waals surface area contributed by atoms with Gasteiger partial charge in [-0.3, -0.25) is 4.79 Å². The van der Waals surface area contributed by atoms with Crippen molar-refractivity contribution >= 4 is 34.4 Å². The van der Waals surface area contributed by atoms with Gasteiger partial charge in [0, 0.05) is 25.7 Å². The van der Waals surface area contributed by atoms with Crippen molar-refractivity contribution in [3.8, 4) is 22.7 Å². The van der Waals surface area contributed by atoms with Crippen molar-refractivity contribution in [3.05, 3.63) is 76.5 Å². The minimum atomic E-state index is -0.723. The van der Waals surface area contributed by atoms with Gasteiger partial charge in [0.15, 0.2) is 5.65 Å². The molecule has 0 saturated carbocycles. The molecule has 5 rings (SSSR count).